The molecule has 1 heterocycles. The number of benzene rings is 2. The highest BCUT2D eigenvalue weighted by atomic mass is 16.5. The van der Waals surface area contributed by atoms with Gasteiger partial charge >= 0.3 is 0 Å². The fourth-order valence-corrected chi connectivity index (χ4v) is 5.41. The number of methoxy groups -OCH3 is 3. The monoisotopic (exact) mass is 438 g/mol. The van der Waals surface area contributed by atoms with Crippen LogP contribution in [-0.2, 0) is 24.1 Å². The number of nitrogens with zero attached hydrogens (tertiary/aromatic N) is 2. The van der Waals surface area contributed by atoms with Crippen LogP contribution in [0.25, 0.3) is 0 Å². The largest absolute Gasteiger partial charge is 0.497 e. The first kappa shape index (κ1) is 23.1. The molecule has 1 saturated heterocycles. The maximum atomic E-state index is 5.48. The molecule has 1 aliphatic heterocycles. The van der Waals surface area contributed by atoms with E-state index in [0.29, 0.717) is 12.0 Å². The molecule has 1 aliphatic carbocycles. The summed E-state index contributed by atoms with van der Waals surface area (Å²) < 4.78 is 16.4. The van der Waals surface area contributed by atoms with Crippen molar-refractivity contribution in [3.8, 4) is 11.5 Å². The molecule has 5 nitrogen and oxygen atoms in total. The molecule has 0 spiro atoms. The maximum Gasteiger partial charge on any atom is 0.122 e. The van der Waals surface area contributed by atoms with Crippen LogP contribution in [0.3, 0.4) is 0 Å². The fraction of sp³-hybridized carbons (Fsp3) is 0.556. The van der Waals surface area contributed by atoms with Gasteiger partial charge in [-0.25, -0.2) is 0 Å². The molecule has 32 heavy (non-hydrogen) atoms. The van der Waals surface area contributed by atoms with Gasteiger partial charge in [-0.2, -0.15) is 0 Å². The third-order valence-electron chi connectivity index (χ3n) is 7.04. The van der Waals surface area contributed by atoms with Crippen LogP contribution in [0.4, 0.5) is 0 Å². The van der Waals surface area contributed by atoms with Gasteiger partial charge < -0.3 is 14.2 Å². The summed E-state index contributed by atoms with van der Waals surface area (Å²) in [5.41, 5.74) is 4.32. The van der Waals surface area contributed by atoms with Gasteiger partial charge in [0, 0.05) is 45.4 Å². The van der Waals surface area contributed by atoms with Gasteiger partial charge in [0.1, 0.15) is 11.5 Å². The fourth-order valence-electron chi connectivity index (χ4n) is 5.41. The molecular formula is C27H38N2O3. The number of hydrogen-bond acceptors (Lipinski definition) is 5. The van der Waals surface area contributed by atoms with Gasteiger partial charge in [-0.05, 0) is 67.0 Å². The van der Waals surface area contributed by atoms with Crippen LogP contribution in [0.15, 0.2) is 42.5 Å². The lowest BCUT2D eigenvalue weighted by Gasteiger charge is -2.39. The maximum absolute atomic E-state index is 5.48. The van der Waals surface area contributed by atoms with E-state index in [1.807, 2.05) is 6.07 Å². The van der Waals surface area contributed by atoms with Crippen molar-refractivity contribution < 1.29 is 14.2 Å². The van der Waals surface area contributed by atoms with E-state index < -0.39 is 0 Å². The minimum Gasteiger partial charge on any atom is -0.497 e. The molecule has 2 aromatic carbocycles. The van der Waals surface area contributed by atoms with Crippen molar-refractivity contribution in [3.05, 3.63) is 59.2 Å². The number of ether oxygens (including phenoxy) is 3. The second-order valence-electron chi connectivity index (χ2n) is 9.28. The summed E-state index contributed by atoms with van der Waals surface area (Å²) in [4.78, 5) is 5.30. The van der Waals surface area contributed by atoms with E-state index in [-0.39, 0.29) is 0 Å². The Hall–Kier alpha value is -2.08. The predicted molar refractivity (Wildman–Crippen MR) is 129 cm³/mol. The Bertz CT molecular complexity index is 824. The molecular weight excluding hydrogens is 400 g/mol. The van der Waals surface area contributed by atoms with Crippen LogP contribution in [0.2, 0.25) is 0 Å². The molecule has 0 saturated carbocycles. The summed E-state index contributed by atoms with van der Waals surface area (Å²) in [5, 5.41) is 0. The minimum absolute atomic E-state index is 0.672. The van der Waals surface area contributed by atoms with Gasteiger partial charge in [0.2, 0.25) is 0 Å². The lowest BCUT2D eigenvalue weighted by atomic mass is 9.95. The third-order valence-corrected chi connectivity index (χ3v) is 7.04. The summed E-state index contributed by atoms with van der Waals surface area (Å²) in [6, 6.07) is 15.8. The predicted octanol–water partition coefficient (Wildman–Crippen LogP) is 4.03. The molecule has 4 rings (SSSR count). The van der Waals surface area contributed by atoms with Gasteiger partial charge in [-0.15, -0.1) is 0 Å². The molecule has 174 valence electrons. The molecule has 0 aromatic heterocycles. The molecule has 1 atom stereocenters. The lowest BCUT2D eigenvalue weighted by Crippen LogP contribution is -2.46. The van der Waals surface area contributed by atoms with Crippen molar-refractivity contribution in [1.29, 1.82) is 0 Å². The van der Waals surface area contributed by atoms with Gasteiger partial charge in [0.15, 0.2) is 0 Å². The molecule has 0 radical (unpaired) electrons. The Labute approximate surface area is 193 Å². The highest BCUT2D eigenvalue weighted by Gasteiger charge is 2.31. The zero-order chi connectivity index (χ0) is 22.3. The molecule has 0 bridgehead atoms. The normalized spacial score (nSPS) is 19.3. The van der Waals surface area contributed by atoms with Gasteiger partial charge in [-0.3, -0.25) is 9.80 Å². The van der Waals surface area contributed by atoms with Crippen molar-refractivity contribution in [1.82, 2.24) is 9.80 Å². The van der Waals surface area contributed by atoms with Gasteiger partial charge in [0.05, 0.1) is 20.8 Å². The zero-order valence-electron chi connectivity index (χ0n) is 19.9. The SMILES string of the molecule is COCCN(Cc1cc(OC)cc(OC)c1)CC1CCCN(C2Cc3ccccc3C2)C1. The zero-order valence-corrected chi connectivity index (χ0v) is 19.9. The minimum atomic E-state index is 0.672. The molecule has 2 aliphatic rings. The van der Waals surface area contributed by atoms with E-state index in [0.717, 1.165) is 37.7 Å². The van der Waals surface area contributed by atoms with Gasteiger partial charge in [0.25, 0.3) is 0 Å². The Morgan fingerprint density at radius 1 is 0.969 bits per heavy atom. The average Bonchev–Trinajstić information content (AvgIpc) is 3.27. The Kier molecular flexibility index (Phi) is 8.06. The summed E-state index contributed by atoms with van der Waals surface area (Å²) in [7, 11) is 5.20. The second kappa shape index (κ2) is 11.2. The smallest absolute Gasteiger partial charge is 0.122 e. The van der Waals surface area contributed by atoms with E-state index in [1.54, 1.807) is 32.5 Å². The second-order valence-corrected chi connectivity index (χ2v) is 9.28. The Morgan fingerprint density at radius 2 is 1.66 bits per heavy atom. The molecule has 2 aromatic rings. The molecule has 1 fully saturated rings. The van der Waals surface area contributed by atoms with Crippen LogP contribution >= 0.6 is 0 Å². The van der Waals surface area contributed by atoms with E-state index in [2.05, 4.69) is 46.2 Å². The number of likely N-dealkylation sites (tertiary alicyclic amines) is 1. The van der Waals surface area contributed by atoms with E-state index in [4.69, 9.17) is 14.2 Å². The van der Waals surface area contributed by atoms with E-state index in [9.17, 15) is 0 Å². The number of hydrogen-bond donors (Lipinski definition) is 0. The van der Waals surface area contributed by atoms with Crippen LogP contribution in [0, 0.1) is 5.92 Å². The van der Waals surface area contributed by atoms with Crippen molar-refractivity contribution in [2.45, 2.75) is 38.3 Å². The summed E-state index contributed by atoms with van der Waals surface area (Å²) >= 11 is 0. The van der Waals surface area contributed by atoms with Crippen molar-refractivity contribution in [2.24, 2.45) is 5.92 Å². The van der Waals surface area contributed by atoms with Crippen molar-refractivity contribution in [2.75, 3.05) is 54.1 Å². The first-order valence-corrected chi connectivity index (χ1v) is 11.9. The first-order chi connectivity index (χ1) is 15.7. The van der Waals surface area contributed by atoms with Crippen LogP contribution in [-0.4, -0.2) is 70.0 Å². The summed E-state index contributed by atoms with van der Waals surface area (Å²) in [6.07, 6.45) is 5.02. The molecule has 1 unspecified atom stereocenters. The van der Waals surface area contributed by atoms with Crippen molar-refractivity contribution in [3.63, 3.8) is 0 Å². The highest BCUT2D eigenvalue weighted by Crippen LogP contribution is 2.29. The summed E-state index contributed by atoms with van der Waals surface area (Å²) in [6.45, 7) is 6.09. The van der Waals surface area contributed by atoms with Crippen LogP contribution < -0.4 is 9.47 Å². The number of rotatable bonds is 10. The van der Waals surface area contributed by atoms with Crippen LogP contribution in [0.5, 0.6) is 11.5 Å². The third kappa shape index (κ3) is 5.83. The topological polar surface area (TPSA) is 34.2 Å². The number of fused-ring (bicyclic) bond motifs is 1. The van der Waals surface area contributed by atoms with E-state index in [1.165, 1.54) is 44.3 Å². The number of piperidine rings is 1. The molecule has 0 N–H and O–H groups in total. The standard InChI is InChI=1S/C27H38N2O3/c1-30-12-11-28(19-22-13-26(31-2)17-27(14-22)32-3)18-21-7-6-10-29(20-21)25-15-23-8-4-5-9-24(23)16-25/h4-5,8-9,13-14,17,21,25H,6-7,10-12,15-16,18-20H2,1-3H3. The van der Waals surface area contributed by atoms with E-state index >= 15 is 0 Å². The summed E-state index contributed by atoms with van der Waals surface area (Å²) in [5.74, 6) is 2.38. The average molecular weight is 439 g/mol. The van der Waals surface area contributed by atoms with Crippen LogP contribution in [0.1, 0.15) is 29.5 Å². The van der Waals surface area contributed by atoms with Crippen molar-refractivity contribution >= 4 is 0 Å². The lowest BCUT2D eigenvalue weighted by molar-refractivity contribution is 0.0843. The first-order valence-electron chi connectivity index (χ1n) is 11.9. The van der Waals surface area contributed by atoms with Gasteiger partial charge in [-0.1, -0.05) is 24.3 Å². The molecule has 5 heteroatoms. The quantitative estimate of drug-likeness (QED) is 0.560. The Morgan fingerprint density at radius 3 is 2.28 bits per heavy atom. The highest BCUT2D eigenvalue weighted by molar-refractivity contribution is 5.38. The molecule has 0 amide bonds. The Balaban J connectivity index is 1.39.